The molecule has 2 aromatic rings. The molecule has 0 unspecified atom stereocenters. The van der Waals surface area contributed by atoms with E-state index >= 15 is 0 Å². The van der Waals surface area contributed by atoms with Crippen LogP contribution < -0.4 is 4.74 Å². The molecule has 0 spiro atoms. The third-order valence-corrected chi connectivity index (χ3v) is 4.41. The monoisotopic (exact) mass is 388 g/mol. The highest BCUT2D eigenvalue weighted by molar-refractivity contribution is 6.09. The Kier molecular flexibility index (Phi) is 6.98. The van der Waals surface area contributed by atoms with E-state index in [4.69, 9.17) is 18.9 Å². The van der Waals surface area contributed by atoms with Gasteiger partial charge in [-0.25, -0.2) is 0 Å². The Morgan fingerprint density at radius 3 is 2.11 bits per heavy atom. The Morgan fingerprint density at radius 2 is 1.50 bits per heavy atom. The normalized spacial score (nSPS) is 12.7. The molecular formula is C21H24O7. The Bertz CT molecular complexity index is 874. The van der Waals surface area contributed by atoms with E-state index in [-0.39, 0.29) is 13.2 Å². The number of carbonyl (C=O) groups excluding carboxylic acids is 3. The second-order valence-electron chi connectivity index (χ2n) is 6.03. The first-order valence-electron chi connectivity index (χ1n) is 8.92. The maximum Gasteiger partial charge on any atom is 0.328 e. The van der Waals surface area contributed by atoms with E-state index in [2.05, 4.69) is 0 Å². The summed E-state index contributed by atoms with van der Waals surface area (Å²) in [5.74, 6) is -1.76. The summed E-state index contributed by atoms with van der Waals surface area (Å²) in [7, 11) is 2.73. The molecule has 150 valence electrons. The van der Waals surface area contributed by atoms with Crippen molar-refractivity contribution >= 4 is 28.7 Å². The smallest absolute Gasteiger partial charge is 0.328 e. The van der Waals surface area contributed by atoms with E-state index in [1.807, 2.05) is 6.07 Å². The van der Waals surface area contributed by atoms with Crippen molar-refractivity contribution in [3.05, 3.63) is 42.0 Å². The highest BCUT2D eigenvalue weighted by Gasteiger charge is 2.52. The fourth-order valence-corrected chi connectivity index (χ4v) is 3.04. The highest BCUT2D eigenvalue weighted by Crippen LogP contribution is 2.35. The average molecular weight is 388 g/mol. The van der Waals surface area contributed by atoms with Gasteiger partial charge < -0.3 is 18.9 Å². The molecule has 0 heterocycles. The lowest BCUT2D eigenvalue weighted by atomic mass is 9.76. The molecule has 0 aliphatic heterocycles. The van der Waals surface area contributed by atoms with Gasteiger partial charge in [0.25, 0.3) is 0 Å². The summed E-state index contributed by atoms with van der Waals surface area (Å²) < 4.78 is 20.2. The Hall–Kier alpha value is -3.09. The summed E-state index contributed by atoms with van der Waals surface area (Å²) in [6.45, 7) is 3.43. The van der Waals surface area contributed by atoms with Crippen molar-refractivity contribution in [3.63, 3.8) is 0 Å². The number of esters is 3. The molecule has 0 aliphatic carbocycles. The molecule has 1 atom stereocenters. The molecule has 2 aromatic carbocycles. The quantitative estimate of drug-likeness (QED) is 0.390. The molecule has 2 rings (SSSR count). The average Bonchev–Trinajstić information content (AvgIpc) is 2.70. The molecule has 0 bridgehead atoms. The van der Waals surface area contributed by atoms with Crippen LogP contribution in [0.2, 0.25) is 0 Å². The van der Waals surface area contributed by atoms with Gasteiger partial charge in [0.15, 0.2) is 5.41 Å². The van der Waals surface area contributed by atoms with Crippen LogP contribution in [0.3, 0.4) is 0 Å². The van der Waals surface area contributed by atoms with Crippen molar-refractivity contribution in [1.82, 2.24) is 0 Å². The second kappa shape index (κ2) is 9.21. The maximum atomic E-state index is 12.9. The van der Waals surface area contributed by atoms with E-state index < -0.39 is 29.7 Å². The predicted molar refractivity (Wildman–Crippen MR) is 102 cm³/mol. The fraction of sp³-hybridized carbons (Fsp3) is 0.381. The molecule has 0 saturated carbocycles. The van der Waals surface area contributed by atoms with Gasteiger partial charge in [-0.15, -0.1) is 0 Å². The van der Waals surface area contributed by atoms with E-state index in [1.54, 1.807) is 51.3 Å². The number of carbonyl (C=O) groups is 3. The van der Waals surface area contributed by atoms with Crippen molar-refractivity contribution in [2.75, 3.05) is 27.4 Å². The number of rotatable bonds is 8. The van der Waals surface area contributed by atoms with Crippen LogP contribution in [0.4, 0.5) is 0 Å². The SMILES string of the molecule is CCOC(=O)C[C@](C(=O)OC)(C(=O)OCC)c1ccc2cc(OC)ccc2c1. The Morgan fingerprint density at radius 1 is 0.857 bits per heavy atom. The number of ether oxygens (including phenoxy) is 4. The topological polar surface area (TPSA) is 88.1 Å². The fourth-order valence-electron chi connectivity index (χ4n) is 3.04. The highest BCUT2D eigenvalue weighted by atomic mass is 16.6. The zero-order chi connectivity index (χ0) is 20.7. The van der Waals surface area contributed by atoms with Crippen LogP contribution in [-0.4, -0.2) is 45.3 Å². The van der Waals surface area contributed by atoms with Crippen LogP contribution in [0.15, 0.2) is 36.4 Å². The third-order valence-electron chi connectivity index (χ3n) is 4.41. The van der Waals surface area contributed by atoms with Gasteiger partial charge in [-0.2, -0.15) is 0 Å². The number of hydrogen-bond acceptors (Lipinski definition) is 7. The minimum Gasteiger partial charge on any atom is -0.497 e. The first-order chi connectivity index (χ1) is 13.4. The molecule has 0 aliphatic rings. The van der Waals surface area contributed by atoms with Gasteiger partial charge in [0.05, 0.1) is 33.9 Å². The number of methoxy groups -OCH3 is 2. The van der Waals surface area contributed by atoms with E-state index in [0.717, 1.165) is 17.9 Å². The molecular weight excluding hydrogens is 364 g/mol. The molecule has 0 fully saturated rings. The number of benzene rings is 2. The largest absolute Gasteiger partial charge is 0.497 e. The van der Waals surface area contributed by atoms with Gasteiger partial charge in [-0.05, 0) is 48.4 Å². The van der Waals surface area contributed by atoms with Crippen molar-refractivity contribution < 1.29 is 33.3 Å². The zero-order valence-corrected chi connectivity index (χ0v) is 16.4. The minimum absolute atomic E-state index is 0.0468. The van der Waals surface area contributed by atoms with Crippen LogP contribution in [0.1, 0.15) is 25.8 Å². The molecule has 0 aromatic heterocycles. The molecule has 0 saturated heterocycles. The molecule has 7 heteroatoms. The summed E-state index contributed by atoms with van der Waals surface area (Å²) in [6, 6.07) is 10.4. The van der Waals surface area contributed by atoms with Crippen LogP contribution in [-0.2, 0) is 34.0 Å². The molecule has 0 amide bonds. The first-order valence-corrected chi connectivity index (χ1v) is 8.92. The lowest BCUT2D eigenvalue weighted by Crippen LogP contribution is -2.47. The van der Waals surface area contributed by atoms with Crippen molar-refractivity contribution in [2.45, 2.75) is 25.7 Å². The van der Waals surface area contributed by atoms with Gasteiger partial charge in [0, 0.05) is 0 Å². The van der Waals surface area contributed by atoms with Crippen LogP contribution in [0, 0.1) is 0 Å². The summed E-state index contributed by atoms with van der Waals surface area (Å²) in [4.78, 5) is 37.9. The summed E-state index contributed by atoms with van der Waals surface area (Å²) in [5, 5.41) is 1.61. The van der Waals surface area contributed by atoms with Crippen molar-refractivity contribution in [2.24, 2.45) is 0 Å². The summed E-state index contributed by atoms with van der Waals surface area (Å²) in [6.07, 6.45) is -0.520. The lowest BCUT2D eigenvalue weighted by Gasteiger charge is -2.28. The predicted octanol–water partition coefficient (Wildman–Crippen LogP) is 2.78. The van der Waals surface area contributed by atoms with Crippen molar-refractivity contribution in [3.8, 4) is 5.75 Å². The number of hydrogen-bond donors (Lipinski definition) is 0. The lowest BCUT2D eigenvalue weighted by molar-refractivity contribution is -0.168. The van der Waals surface area contributed by atoms with Crippen LogP contribution in [0.25, 0.3) is 10.8 Å². The standard InChI is InChI=1S/C21H24O7/c1-5-27-18(22)13-21(19(23)26-4,20(24)28-6-2)16-9-7-15-12-17(25-3)10-8-14(15)11-16/h7-12H,5-6,13H2,1-4H3/t21-/m0/s1. The van der Waals surface area contributed by atoms with E-state index in [1.165, 1.54) is 0 Å². The van der Waals surface area contributed by atoms with Crippen LogP contribution in [0.5, 0.6) is 5.75 Å². The van der Waals surface area contributed by atoms with Gasteiger partial charge in [-0.1, -0.05) is 18.2 Å². The second-order valence-corrected chi connectivity index (χ2v) is 6.03. The zero-order valence-electron chi connectivity index (χ0n) is 16.4. The third kappa shape index (κ3) is 4.08. The van der Waals surface area contributed by atoms with Crippen molar-refractivity contribution in [1.29, 1.82) is 0 Å². The van der Waals surface area contributed by atoms with Gasteiger partial charge >= 0.3 is 17.9 Å². The van der Waals surface area contributed by atoms with E-state index in [9.17, 15) is 14.4 Å². The molecule has 7 nitrogen and oxygen atoms in total. The Balaban J connectivity index is 2.67. The Labute approximate surface area is 163 Å². The minimum atomic E-state index is -1.95. The van der Waals surface area contributed by atoms with Gasteiger partial charge in [0.1, 0.15) is 5.75 Å². The summed E-state index contributed by atoms with van der Waals surface area (Å²) >= 11 is 0. The molecule has 0 radical (unpaired) electrons. The van der Waals surface area contributed by atoms with Crippen LogP contribution >= 0.6 is 0 Å². The molecule has 28 heavy (non-hydrogen) atoms. The maximum absolute atomic E-state index is 12.9. The first kappa shape index (κ1) is 21.2. The summed E-state index contributed by atoms with van der Waals surface area (Å²) in [5.41, 5.74) is -1.66. The van der Waals surface area contributed by atoms with E-state index in [0.29, 0.717) is 11.3 Å². The number of fused-ring (bicyclic) bond motifs is 1. The molecule has 0 N–H and O–H groups in total. The van der Waals surface area contributed by atoms with Gasteiger partial charge in [0.2, 0.25) is 0 Å². The van der Waals surface area contributed by atoms with Gasteiger partial charge in [-0.3, -0.25) is 14.4 Å².